The molecule has 4 nitrogen and oxygen atoms in total. The van der Waals surface area contributed by atoms with Crippen molar-refractivity contribution >= 4 is 15.7 Å². The zero-order valence-electron chi connectivity index (χ0n) is 11.2. The summed E-state index contributed by atoms with van der Waals surface area (Å²) < 4.78 is 45.5. The molecule has 1 aliphatic carbocycles. The Hall–Kier alpha value is -1.14. The Kier molecular flexibility index (Phi) is 3.69. The van der Waals surface area contributed by atoms with Gasteiger partial charge in [0, 0.05) is 0 Å². The first-order chi connectivity index (χ1) is 9.58. The van der Waals surface area contributed by atoms with E-state index < -0.39 is 15.8 Å². The summed E-state index contributed by atoms with van der Waals surface area (Å²) >= 11 is 0. The second kappa shape index (κ2) is 5.33. The Bertz CT molecular complexity index is 590. The van der Waals surface area contributed by atoms with Crippen LogP contribution in [0.4, 0.5) is 10.1 Å². The molecule has 0 aromatic heterocycles. The molecule has 1 saturated heterocycles. The molecule has 1 heterocycles. The monoisotopic (exact) mass is 299 g/mol. The molecule has 110 valence electrons. The fraction of sp³-hybridized carbons (Fsp3) is 0.571. The van der Waals surface area contributed by atoms with Crippen molar-refractivity contribution in [3.05, 3.63) is 30.1 Å². The number of halogens is 1. The third-order valence-electron chi connectivity index (χ3n) is 4.00. The number of benzene rings is 1. The van der Waals surface area contributed by atoms with E-state index in [2.05, 4.69) is 0 Å². The molecular weight excluding hydrogens is 281 g/mol. The van der Waals surface area contributed by atoms with E-state index in [4.69, 9.17) is 4.74 Å². The molecule has 0 radical (unpaired) electrons. The van der Waals surface area contributed by atoms with E-state index in [0.717, 1.165) is 25.7 Å². The van der Waals surface area contributed by atoms with E-state index >= 15 is 0 Å². The van der Waals surface area contributed by atoms with Gasteiger partial charge in [0.05, 0.1) is 30.2 Å². The molecule has 3 rings (SSSR count). The molecule has 0 unspecified atom stereocenters. The van der Waals surface area contributed by atoms with Crippen molar-refractivity contribution in [3.63, 3.8) is 0 Å². The van der Waals surface area contributed by atoms with E-state index in [0.29, 0.717) is 5.69 Å². The van der Waals surface area contributed by atoms with Gasteiger partial charge in [0.1, 0.15) is 5.82 Å². The van der Waals surface area contributed by atoms with Crippen LogP contribution in [0.5, 0.6) is 0 Å². The van der Waals surface area contributed by atoms with Gasteiger partial charge in [0.15, 0.2) is 0 Å². The third-order valence-corrected chi connectivity index (χ3v) is 5.77. The minimum atomic E-state index is -3.46. The lowest BCUT2D eigenvalue weighted by Crippen LogP contribution is -2.47. The van der Waals surface area contributed by atoms with Crippen LogP contribution in [-0.2, 0) is 14.8 Å². The Labute approximate surface area is 118 Å². The number of hydrogen-bond donors (Lipinski definition) is 0. The van der Waals surface area contributed by atoms with Crippen molar-refractivity contribution in [2.24, 2.45) is 0 Å². The van der Waals surface area contributed by atoms with Crippen molar-refractivity contribution in [2.75, 3.05) is 16.7 Å². The molecule has 6 heteroatoms. The zero-order chi connectivity index (χ0) is 14.2. The van der Waals surface area contributed by atoms with E-state index in [1.165, 1.54) is 16.4 Å². The van der Waals surface area contributed by atoms with Gasteiger partial charge in [-0.15, -0.1) is 0 Å². The van der Waals surface area contributed by atoms with Crippen molar-refractivity contribution < 1.29 is 17.5 Å². The summed E-state index contributed by atoms with van der Waals surface area (Å²) in [5.41, 5.74) is 0.410. The lowest BCUT2D eigenvalue weighted by atomic mass is 9.92. The normalized spacial score (nSPS) is 29.6. The molecule has 20 heavy (non-hydrogen) atoms. The van der Waals surface area contributed by atoms with Crippen LogP contribution < -0.4 is 4.31 Å². The summed E-state index contributed by atoms with van der Waals surface area (Å²) in [7, 11) is -3.46. The molecule has 0 amide bonds. The summed E-state index contributed by atoms with van der Waals surface area (Å²) in [5, 5.41) is 0. The molecule has 2 fully saturated rings. The first-order valence-corrected chi connectivity index (χ1v) is 8.58. The first kappa shape index (κ1) is 13.8. The average Bonchev–Trinajstić information content (AvgIpc) is 2.53. The van der Waals surface area contributed by atoms with Gasteiger partial charge in [-0.1, -0.05) is 18.9 Å². The van der Waals surface area contributed by atoms with Gasteiger partial charge in [-0.25, -0.2) is 12.8 Å². The van der Waals surface area contributed by atoms with Gasteiger partial charge in [-0.05, 0) is 31.0 Å². The molecule has 0 N–H and O–H groups in total. The highest BCUT2D eigenvalue weighted by Gasteiger charge is 2.40. The average molecular weight is 299 g/mol. The second-order valence-corrected chi connectivity index (χ2v) is 7.32. The number of anilines is 1. The lowest BCUT2D eigenvalue weighted by Gasteiger charge is -2.37. The van der Waals surface area contributed by atoms with Crippen LogP contribution in [0.1, 0.15) is 25.7 Å². The van der Waals surface area contributed by atoms with Crippen LogP contribution in [0.2, 0.25) is 0 Å². The number of sulfonamides is 1. The highest BCUT2D eigenvalue weighted by Crippen LogP contribution is 2.33. The highest BCUT2D eigenvalue weighted by atomic mass is 32.2. The number of rotatable bonds is 1. The Balaban J connectivity index is 2.05. The minimum Gasteiger partial charge on any atom is -0.375 e. The lowest BCUT2D eigenvalue weighted by molar-refractivity contribution is 0.0296. The van der Waals surface area contributed by atoms with Gasteiger partial charge < -0.3 is 4.74 Å². The fourth-order valence-corrected chi connectivity index (χ4v) is 4.71. The molecule has 1 aromatic carbocycles. The van der Waals surface area contributed by atoms with Crippen LogP contribution in [0, 0.1) is 5.82 Å². The van der Waals surface area contributed by atoms with Crippen LogP contribution in [0.25, 0.3) is 0 Å². The first-order valence-electron chi connectivity index (χ1n) is 6.97. The summed E-state index contributed by atoms with van der Waals surface area (Å²) in [4.78, 5) is 0. The molecule has 1 aliphatic heterocycles. The van der Waals surface area contributed by atoms with E-state index in [1.807, 2.05) is 0 Å². The summed E-state index contributed by atoms with van der Waals surface area (Å²) in [6, 6.07) is 5.59. The van der Waals surface area contributed by atoms with Gasteiger partial charge in [0.2, 0.25) is 10.0 Å². The molecule has 0 bridgehead atoms. The van der Waals surface area contributed by atoms with Gasteiger partial charge in [-0.3, -0.25) is 4.31 Å². The minimum absolute atomic E-state index is 0.0451. The fourth-order valence-electron chi connectivity index (χ4n) is 3.11. The van der Waals surface area contributed by atoms with E-state index in [1.54, 1.807) is 12.1 Å². The summed E-state index contributed by atoms with van der Waals surface area (Å²) in [6.45, 7) is 0.218. The molecule has 1 aromatic rings. The van der Waals surface area contributed by atoms with Crippen molar-refractivity contribution in [1.29, 1.82) is 0 Å². The van der Waals surface area contributed by atoms with Crippen LogP contribution in [0.3, 0.4) is 0 Å². The van der Waals surface area contributed by atoms with Crippen molar-refractivity contribution in [3.8, 4) is 0 Å². The van der Waals surface area contributed by atoms with Gasteiger partial charge in [0.25, 0.3) is 0 Å². The summed E-state index contributed by atoms with van der Waals surface area (Å²) in [5.74, 6) is -0.466. The van der Waals surface area contributed by atoms with Gasteiger partial charge >= 0.3 is 0 Å². The predicted octanol–water partition coefficient (Wildman–Crippen LogP) is 2.30. The van der Waals surface area contributed by atoms with Crippen molar-refractivity contribution in [1.82, 2.24) is 0 Å². The zero-order valence-corrected chi connectivity index (χ0v) is 12.0. The SMILES string of the molecule is O=S1(=O)CCO[C@H]2CCCC[C@@H]2N1c1cccc(F)c1. The van der Waals surface area contributed by atoms with E-state index in [-0.39, 0.29) is 24.5 Å². The third kappa shape index (κ3) is 2.54. The largest absolute Gasteiger partial charge is 0.375 e. The predicted molar refractivity (Wildman–Crippen MR) is 74.7 cm³/mol. The van der Waals surface area contributed by atoms with E-state index in [9.17, 15) is 12.8 Å². The maximum absolute atomic E-state index is 13.4. The standard InChI is InChI=1S/C14H18FNO3S/c15-11-4-3-5-12(10-11)16-13-6-1-2-7-14(13)19-8-9-20(16,17)18/h3-5,10,13-14H,1-2,6-9H2/t13-,14-/m0/s1. The Morgan fingerprint density at radius 1 is 1.25 bits per heavy atom. The number of fused-ring (bicyclic) bond motifs is 1. The molecule has 2 atom stereocenters. The van der Waals surface area contributed by atoms with Crippen LogP contribution in [-0.4, -0.2) is 32.9 Å². The Morgan fingerprint density at radius 3 is 2.85 bits per heavy atom. The highest BCUT2D eigenvalue weighted by molar-refractivity contribution is 7.92. The molecular formula is C14H18FNO3S. The second-order valence-electron chi connectivity index (χ2n) is 5.35. The smallest absolute Gasteiger partial charge is 0.237 e. The number of ether oxygens (including phenoxy) is 1. The maximum Gasteiger partial charge on any atom is 0.237 e. The summed E-state index contributed by atoms with van der Waals surface area (Å²) in [6.07, 6.45) is 3.58. The van der Waals surface area contributed by atoms with Crippen molar-refractivity contribution in [2.45, 2.75) is 37.8 Å². The number of hydrogen-bond acceptors (Lipinski definition) is 3. The topological polar surface area (TPSA) is 46.6 Å². The number of nitrogens with zero attached hydrogens (tertiary/aromatic N) is 1. The van der Waals surface area contributed by atoms with Gasteiger partial charge in [-0.2, -0.15) is 0 Å². The molecule has 1 saturated carbocycles. The quantitative estimate of drug-likeness (QED) is 0.799. The van der Waals surface area contributed by atoms with Crippen LogP contribution in [0.15, 0.2) is 24.3 Å². The molecule has 0 spiro atoms. The Morgan fingerprint density at radius 2 is 2.05 bits per heavy atom. The van der Waals surface area contributed by atoms with Crippen LogP contribution >= 0.6 is 0 Å². The maximum atomic E-state index is 13.4. The molecule has 2 aliphatic rings.